The fraction of sp³-hybridized carbons (Fsp3) is 0.545. The number of nitrogens with one attached hydrogen (secondary N) is 2. The van der Waals surface area contributed by atoms with Crippen molar-refractivity contribution in [2.75, 3.05) is 11.9 Å². The number of imide groups is 1. The molecule has 1 aliphatic rings. The number of thiazole rings is 1. The number of nitrogens with zero attached hydrogens (tertiary/aromatic N) is 2. The molecule has 1 aliphatic heterocycles. The zero-order chi connectivity index (χ0) is 15.8. The van der Waals surface area contributed by atoms with Crippen LogP contribution in [0.15, 0.2) is 6.20 Å². The van der Waals surface area contributed by atoms with Gasteiger partial charge in [-0.25, -0.2) is 9.78 Å². The third-order valence-electron chi connectivity index (χ3n) is 3.04. The van der Waals surface area contributed by atoms with Crippen molar-refractivity contribution in [3.8, 4) is 0 Å². The number of alkyl halides is 3. The van der Waals surface area contributed by atoms with Gasteiger partial charge in [0.05, 0.1) is 6.54 Å². The maximum Gasteiger partial charge on any atom is 0.420 e. The molecule has 1 aromatic rings. The summed E-state index contributed by atoms with van der Waals surface area (Å²) in [6.45, 7) is 2.93. The van der Waals surface area contributed by atoms with Crippen molar-refractivity contribution in [2.45, 2.75) is 32.1 Å². The Balaban J connectivity index is 2.17. The lowest BCUT2D eigenvalue weighted by molar-refractivity contribution is -0.191. The van der Waals surface area contributed by atoms with Crippen LogP contribution >= 0.6 is 11.3 Å². The fourth-order valence-electron chi connectivity index (χ4n) is 1.80. The Kier molecular flexibility index (Phi) is 3.83. The molecule has 2 N–H and O–H groups in total. The van der Waals surface area contributed by atoms with Crippen LogP contribution in [-0.2, 0) is 11.3 Å². The third-order valence-corrected chi connectivity index (χ3v) is 3.98. The van der Waals surface area contributed by atoms with E-state index >= 15 is 0 Å². The molecule has 0 saturated carbocycles. The predicted octanol–water partition coefficient (Wildman–Crippen LogP) is 1.95. The summed E-state index contributed by atoms with van der Waals surface area (Å²) >= 11 is 1.18. The molecule has 1 fully saturated rings. The van der Waals surface area contributed by atoms with Gasteiger partial charge in [-0.2, -0.15) is 13.2 Å². The van der Waals surface area contributed by atoms with Crippen molar-refractivity contribution in [1.29, 1.82) is 0 Å². The highest BCUT2D eigenvalue weighted by Gasteiger charge is 2.64. The second-order valence-electron chi connectivity index (χ2n) is 4.61. The Morgan fingerprint density at radius 2 is 2.14 bits per heavy atom. The summed E-state index contributed by atoms with van der Waals surface area (Å²) in [5, 5.41) is 5.22. The molecule has 2 rings (SSSR count). The van der Waals surface area contributed by atoms with Crippen molar-refractivity contribution < 1.29 is 22.8 Å². The van der Waals surface area contributed by atoms with E-state index in [9.17, 15) is 22.8 Å². The van der Waals surface area contributed by atoms with Crippen LogP contribution in [0.1, 0.15) is 18.7 Å². The number of anilines is 1. The highest BCUT2D eigenvalue weighted by atomic mass is 32.1. The van der Waals surface area contributed by atoms with Gasteiger partial charge in [0.25, 0.3) is 5.91 Å². The van der Waals surface area contributed by atoms with Crippen LogP contribution in [0, 0.1) is 0 Å². The van der Waals surface area contributed by atoms with E-state index in [1.807, 2.05) is 6.92 Å². The van der Waals surface area contributed by atoms with Gasteiger partial charge in [-0.1, -0.05) is 0 Å². The SMILES string of the molecule is CCNc1ncc(CN2C(=O)NC(C)(C(F)(F)F)C2=O)s1. The maximum absolute atomic E-state index is 12.9. The van der Waals surface area contributed by atoms with Crippen LogP contribution in [0.2, 0.25) is 0 Å². The summed E-state index contributed by atoms with van der Waals surface area (Å²) in [4.78, 5) is 28.6. The number of hydrogen-bond acceptors (Lipinski definition) is 5. The van der Waals surface area contributed by atoms with Crippen molar-refractivity contribution in [3.05, 3.63) is 11.1 Å². The zero-order valence-electron chi connectivity index (χ0n) is 11.2. The van der Waals surface area contributed by atoms with Gasteiger partial charge in [-0.3, -0.25) is 9.69 Å². The monoisotopic (exact) mass is 322 g/mol. The molecule has 6 nitrogen and oxygen atoms in total. The topological polar surface area (TPSA) is 74.3 Å². The molecular formula is C11H13F3N4O2S. The van der Waals surface area contributed by atoms with Crippen LogP contribution < -0.4 is 10.6 Å². The molecule has 21 heavy (non-hydrogen) atoms. The molecule has 116 valence electrons. The smallest absolute Gasteiger partial charge is 0.362 e. The number of hydrogen-bond donors (Lipinski definition) is 2. The van der Waals surface area contributed by atoms with Gasteiger partial charge in [0, 0.05) is 17.6 Å². The first kappa shape index (κ1) is 15.5. The van der Waals surface area contributed by atoms with E-state index in [4.69, 9.17) is 0 Å². The largest absolute Gasteiger partial charge is 0.420 e. The van der Waals surface area contributed by atoms with Crippen LogP contribution in [0.5, 0.6) is 0 Å². The van der Waals surface area contributed by atoms with Crippen LogP contribution in [-0.4, -0.2) is 40.1 Å². The van der Waals surface area contributed by atoms with Crippen LogP contribution in [0.25, 0.3) is 0 Å². The molecule has 10 heteroatoms. The van der Waals surface area contributed by atoms with Gasteiger partial charge in [-0.15, -0.1) is 11.3 Å². The number of carbonyl (C=O) groups is 2. The molecule has 1 saturated heterocycles. The highest BCUT2D eigenvalue weighted by Crippen LogP contribution is 2.36. The average Bonchev–Trinajstić information content (AvgIpc) is 2.89. The predicted molar refractivity (Wildman–Crippen MR) is 69.8 cm³/mol. The minimum Gasteiger partial charge on any atom is -0.362 e. The lowest BCUT2D eigenvalue weighted by atomic mass is 10.0. The number of urea groups is 1. The quantitative estimate of drug-likeness (QED) is 0.831. The first-order valence-corrected chi connectivity index (χ1v) is 6.90. The molecule has 1 atom stereocenters. The number of carbonyl (C=O) groups excluding carboxylic acids is 2. The molecule has 0 radical (unpaired) electrons. The second kappa shape index (κ2) is 5.17. The van der Waals surface area contributed by atoms with E-state index in [1.54, 1.807) is 5.32 Å². The molecule has 0 aliphatic carbocycles. The van der Waals surface area contributed by atoms with Gasteiger partial charge in [0.2, 0.25) is 5.54 Å². The first-order chi connectivity index (χ1) is 9.69. The van der Waals surface area contributed by atoms with Crippen molar-refractivity contribution >= 4 is 28.4 Å². The number of rotatable bonds is 4. The van der Waals surface area contributed by atoms with Crippen molar-refractivity contribution in [1.82, 2.24) is 15.2 Å². The van der Waals surface area contributed by atoms with E-state index in [0.29, 0.717) is 28.4 Å². The normalized spacial score (nSPS) is 22.6. The second-order valence-corrected chi connectivity index (χ2v) is 5.72. The fourth-order valence-corrected chi connectivity index (χ4v) is 2.67. The Labute approximate surface area is 122 Å². The number of amides is 3. The van der Waals surface area contributed by atoms with Crippen molar-refractivity contribution in [3.63, 3.8) is 0 Å². The minimum atomic E-state index is -4.85. The van der Waals surface area contributed by atoms with Crippen LogP contribution in [0.3, 0.4) is 0 Å². The Morgan fingerprint density at radius 1 is 1.48 bits per heavy atom. The number of aromatic nitrogens is 1. The molecule has 2 heterocycles. The summed E-state index contributed by atoms with van der Waals surface area (Å²) in [7, 11) is 0. The summed E-state index contributed by atoms with van der Waals surface area (Å²) in [5.74, 6) is -1.31. The number of halogens is 3. The minimum absolute atomic E-state index is 0.237. The van der Waals surface area contributed by atoms with E-state index in [1.165, 1.54) is 17.5 Å². The molecule has 1 unspecified atom stereocenters. The lowest BCUT2D eigenvalue weighted by Crippen LogP contribution is -2.56. The Bertz CT molecular complexity index is 574. The van der Waals surface area contributed by atoms with E-state index in [0.717, 1.165) is 0 Å². The third kappa shape index (κ3) is 2.67. The van der Waals surface area contributed by atoms with E-state index in [-0.39, 0.29) is 6.54 Å². The molecule has 0 bridgehead atoms. The average molecular weight is 322 g/mol. The van der Waals surface area contributed by atoms with Crippen molar-refractivity contribution in [2.24, 2.45) is 0 Å². The Hall–Kier alpha value is -1.84. The molecule has 1 aromatic heterocycles. The zero-order valence-corrected chi connectivity index (χ0v) is 12.1. The van der Waals surface area contributed by atoms with Gasteiger partial charge in [0.1, 0.15) is 0 Å². The molecule has 0 spiro atoms. The Morgan fingerprint density at radius 3 is 2.67 bits per heavy atom. The van der Waals surface area contributed by atoms with Gasteiger partial charge < -0.3 is 10.6 Å². The summed E-state index contributed by atoms with van der Waals surface area (Å²) in [5.41, 5.74) is -2.88. The summed E-state index contributed by atoms with van der Waals surface area (Å²) < 4.78 is 38.7. The molecule has 0 aromatic carbocycles. The molecule has 3 amide bonds. The van der Waals surface area contributed by atoms with Gasteiger partial charge in [-0.05, 0) is 13.8 Å². The molecular weight excluding hydrogens is 309 g/mol. The van der Waals surface area contributed by atoms with E-state index < -0.39 is 23.7 Å². The summed E-state index contributed by atoms with van der Waals surface area (Å²) in [6.07, 6.45) is -3.43. The van der Waals surface area contributed by atoms with E-state index in [2.05, 4.69) is 10.3 Å². The maximum atomic E-state index is 12.9. The standard InChI is InChI=1S/C11H13F3N4O2S/c1-3-15-8-16-4-6(21-8)5-18-7(19)10(2,11(12,13)14)17-9(18)20/h4H,3,5H2,1-2H3,(H,15,16)(H,17,20). The van der Waals surface area contributed by atoms with Gasteiger partial charge >= 0.3 is 12.2 Å². The lowest BCUT2D eigenvalue weighted by Gasteiger charge is -2.24. The summed E-state index contributed by atoms with van der Waals surface area (Å²) in [6, 6.07) is -1.06. The van der Waals surface area contributed by atoms with Gasteiger partial charge in [0.15, 0.2) is 5.13 Å². The van der Waals surface area contributed by atoms with Crippen LogP contribution in [0.4, 0.5) is 23.1 Å². The first-order valence-electron chi connectivity index (χ1n) is 6.08. The highest BCUT2D eigenvalue weighted by molar-refractivity contribution is 7.15.